The van der Waals surface area contributed by atoms with Gasteiger partial charge in [-0.05, 0) is 13.8 Å². The normalized spacial score (nSPS) is 14.9. The molecule has 0 aromatic heterocycles. The van der Waals surface area contributed by atoms with Crippen molar-refractivity contribution >= 4 is 11.5 Å². The predicted octanol–water partition coefficient (Wildman–Crippen LogP) is 0.960. The number of halogens is 1. The topological polar surface area (TPSA) is 26.3 Å². The molecule has 0 N–H and O–H groups in total. The van der Waals surface area contributed by atoms with E-state index in [0.29, 0.717) is 0 Å². The maximum atomic E-state index is 11.2. The molecule has 0 spiro atoms. The molecule has 0 rings (SSSR count). The standard InChI is InChI=1S/C3H7FO2S/c1-3(2)6-7(4)5/h3H,1-2H3. The van der Waals surface area contributed by atoms with Crippen LogP contribution >= 0.6 is 0 Å². The van der Waals surface area contributed by atoms with Crippen LogP contribution in [0, 0.1) is 0 Å². The highest BCUT2D eigenvalue weighted by Gasteiger charge is 1.97. The quantitative estimate of drug-likeness (QED) is 0.515. The van der Waals surface area contributed by atoms with Gasteiger partial charge in [-0.3, -0.25) is 4.18 Å². The van der Waals surface area contributed by atoms with Gasteiger partial charge in [0.25, 0.3) is 0 Å². The van der Waals surface area contributed by atoms with Crippen molar-refractivity contribution in [3.63, 3.8) is 0 Å². The Hall–Kier alpha value is 0.0400. The van der Waals surface area contributed by atoms with Crippen molar-refractivity contribution in [2.24, 2.45) is 0 Å². The summed E-state index contributed by atoms with van der Waals surface area (Å²) in [6, 6.07) is 0. The summed E-state index contributed by atoms with van der Waals surface area (Å²) < 4.78 is 24.7. The Morgan fingerprint density at radius 1 is 1.71 bits per heavy atom. The fourth-order valence-electron chi connectivity index (χ4n) is 0.151. The molecule has 7 heavy (non-hydrogen) atoms. The van der Waals surface area contributed by atoms with Crippen molar-refractivity contribution in [3.05, 3.63) is 0 Å². The van der Waals surface area contributed by atoms with Crippen LogP contribution in [-0.4, -0.2) is 10.3 Å². The molecule has 1 unspecified atom stereocenters. The molecule has 0 aliphatic rings. The van der Waals surface area contributed by atoms with Gasteiger partial charge in [-0.1, -0.05) is 0 Å². The van der Waals surface area contributed by atoms with E-state index in [1.807, 2.05) is 0 Å². The fourth-order valence-corrected chi connectivity index (χ4v) is 0.454. The zero-order valence-electron chi connectivity index (χ0n) is 4.18. The minimum Gasteiger partial charge on any atom is -0.262 e. The van der Waals surface area contributed by atoms with Gasteiger partial charge >= 0.3 is 11.5 Å². The average molecular weight is 126 g/mol. The van der Waals surface area contributed by atoms with Crippen LogP contribution in [0.1, 0.15) is 13.8 Å². The smallest absolute Gasteiger partial charge is 0.262 e. The minimum absolute atomic E-state index is 0.300. The van der Waals surface area contributed by atoms with Crippen LogP contribution in [0.2, 0.25) is 0 Å². The molecular formula is C3H7FO2S. The van der Waals surface area contributed by atoms with E-state index in [4.69, 9.17) is 0 Å². The first-order valence-electron chi connectivity index (χ1n) is 1.88. The Bertz CT molecular complexity index is 73.3. The Balaban J connectivity index is 3.13. The lowest BCUT2D eigenvalue weighted by Crippen LogP contribution is -2.00. The third-order valence-electron chi connectivity index (χ3n) is 0.268. The van der Waals surface area contributed by atoms with E-state index < -0.39 is 11.5 Å². The summed E-state index contributed by atoms with van der Waals surface area (Å²) in [6.07, 6.45) is -0.300. The van der Waals surface area contributed by atoms with Crippen molar-refractivity contribution in [3.8, 4) is 0 Å². The van der Waals surface area contributed by atoms with Crippen molar-refractivity contribution < 1.29 is 12.3 Å². The van der Waals surface area contributed by atoms with Crippen molar-refractivity contribution in [1.82, 2.24) is 0 Å². The zero-order chi connectivity index (χ0) is 5.86. The maximum absolute atomic E-state index is 11.2. The molecule has 0 heterocycles. The molecule has 0 aromatic rings. The molecular weight excluding hydrogens is 119 g/mol. The predicted molar refractivity (Wildman–Crippen MR) is 25.5 cm³/mol. The van der Waals surface area contributed by atoms with Gasteiger partial charge < -0.3 is 0 Å². The van der Waals surface area contributed by atoms with E-state index in [-0.39, 0.29) is 6.10 Å². The third-order valence-corrected chi connectivity index (χ3v) is 0.804. The summed E-state index contributed by atoms with van der Waals surface area (Å²) in [4.78, 5) is 0. The van der Waals surface area contributed by atoms with Crippen molar-refractivity contribution in [1.29, 1.82) is 0 Å². The van der Waals surface area contributed by atoms with Crippen LogP contribution in [0.15, 0.2) is 0 Å². The summed E-state index contributed by atoms with van der Waals surface area (Å²) in [7, 11) is 0. The summed E-state index contributed by atoms with van der Waals surface area (Å²) in [6.45, 7) is 3.22. The monoisotopic (exact) mass is 126 g/mol. The molecule has 0 fully saturated rings. The second-order valence-electron chi connectivity index (χ2n) is 1.34. The second kappa shape index (κ2) is 3.10. The van der Waals surface area contributed by atoms with E-state index in [1.165, 1.54) is 0 Å². The molecule has 0 aliphatic heterocycles. The van der Waals surface area contributed by atoms with E-state index in [1.54, 1.807) is 13.8 Å². The molecule has 0 amide bonds. The van der Waals surface area contributed by atoms with Gasteiger partial charge in [0.15, 0.2) is 0 Å². The van der Waals surface area contributed by atoms with Gasteiger partial charge in [-0.15, -0.1) is 3.89 Å². The third kappa shape index (κ3) is 6.04. The van der Waals surface area contributed by atoms with Crippen LogP contribution in [-0.2, 0) is 15.6 Å². The number of rotatable bonds is 2. The molecule has 0 radical (unpaired) electrons. The zero-order valence-corrected chi connectivity index (χ0v) is 5.00. The van der Waals surface area contributed by atoms with E-state index >= 15 is 0 Å². The molecule has 44 valence electrons. The largest absolute Gasteiger partial charge is 0.345 e. The first-order chi connectivity index (χ1) is 3.13. The van der Waals surface area contributed by atoms with Crippen LogP contribution in [0.4, 0.5) is 3.89 Å². The van der Waals surface area contributed by atoms with Gasteiger partial charge in [-0.25, -0.2) is 0 Å². The molecule has 4 heteroatoms. The lowest BCUT2D eigenvalue weighted by molar-refractivity contribution is 0.256. The summed E-state index contributed by atoms with van der Waals surface area (Å²) in [5.74, 6) is 0. The fraction of sp³-hybridized carbons (Fsp3) is 1.00. The average Bonchev–Trinajstić information content (AvgIpc) is 1.27. The van der Waals surface area contributed by atoms with Crippen molar-refractivity contribution in [2.45, 2.75) is 20.0 Å². The molecule has 0 aliphatic carbocycles. The van der Waals surface area contributed by atoms with Crippen LogP contribution in [0.25, 0.3) is 0 Å². The Morgan fingerprint density at radius 3 is 2.14 bits per heavy atom. The number of hydrogen-bond acceptors (Lipinski definition) is 2. The summed E-state index contributed by atoms with van der Waals surface area (Å²) >= 11 is -2.60. The van der Waals surface area contributed by atoms with Crippen molar-refractivity contribution in [2.75, 3.05) is 0 Å². The maximum Gasteiger partial charge on any atom is 0.345 e. The van der Waals surface area contributed by atoms with Crippen LogP contribution in [0.5, 0.6) is 0 Å². The van der Waals surface area contributed by atoms with E-state index in [2.05, 4.69) is 4.18 Å². The SMILES string of the molecule is CC(C)OS(=O)F. The highest BCUT2D eigenvalue weighted by atomic mass is 32.2. The Kier molecular flexibility index (Phi) is 3.11. The lowest BCUT2D eigenvalue weighted by Gasteiger charge is -1.95. The van der Waals surface area contributed by atoms with E-state index in [9.17, 15) is 8.09 Å². The van der Waals surface area contributed by atoms with E-state index in [0.717, 1.165) is 0 Å². The summed E-state index contributed by atoms with van der Waals surface area (Å²) in [5.41, 5.74) is 0. The van der Waals surface area contributed by atoms with Gasteiger partial charge in [0.2, 0.25) is 0 Å². The van der Waals surface area contributed by atoms with Crippen LogP contribution in [0.3, 0.4) is 0 Å². The minimum atomic E-state index is -2.60. The van der Waals surface area contributed by atoms with Gasteiger partial charge in [-0.2, -0.15) is 4.21 Å². The van der Waals surface area contributed by atoms with Gasteiger partial charge in [0, 0.05) is 0 Å². The van der Waals surface area contributed by atoms with Crippen LogP contribution < -0.4 is 0 Å². The Morgan fingerprint density at radius 2 is 2.14 bits per heavy atom. The molecule has 2 nitrogen and oxygen atoms in total. The molecule has 0 saturated heterocycles. The second-order valence-corrected chi connectivity index (χ2v) is 1.92. The Labute approximate surface area is 44.6 Å². The highest BCUT2D eigenvalue weighted by molar-refractivity contribution is 7.74. The highest BCUT2D eigenvalue weighted by Crippen LogP contribution is 1.92. The van der Waals surface area contributed by atoms with Gasteiger partial charge in [0.1, 0.15) is 0 Å². The molecule has 0 bridgehead atoms. The first-order valence-corrected chi connectivity index (χ1v) is 2.85. The molecule has 0 aromatic carbocycles. The first kappa shape index (κ1) is 7.04. The molecule has 1 atom stereocenters. The summed E-state index contributed by atoms with van der Waals surface area (Å²) in [5, 5.41) is 0. The lowest BCUT2D eigenvalue weighted by atomic mass is 10.5. The number of hydrogen-bond donors (Lipinski definition) is 0. The molecule has 0 saturated carbocycles. The van der Waals surface area contributed by atoms with Gasteiger partial charge in [0.05, 0.1) is 6.10 Å².